The van der Waals surface area contributed by atoms with Gasteiger partial charge in [-0.25, -0.2) is 9.38 Å². The predicted octanol–water partition coefficient (Wildman–Crippen LogP) is 3.95. The Hall–Kier alpha value is -2.01. The van der Waals surface area contributed by atoms with Crippen LogP contribution in [-0.4, -0.2) is 33.8 Å². The molecule has 1 aliphatic rings. The van der Waals surface area contributed by atoms with Crippen LogP contribution in [0.15, 0.2) is 46.8 Å². The van der Waals surface area contributed by atoms with Crippen LogP contribution >= 0.6 is 35.3 Å². The molecule has 1 aromatic carbocycles. The molecule has 1 fully saturated rings. The lowest BCUT2D eigenvalue weighted by molar-refractivity contribution is 0.559. The van der Waals surface area contributed by atoms with Gasteiger partial charge in [0.15, 0.2) is 11.8 Å². The molecule has 1 aliphatic carbocycles. The van der Waals surface area contributed by atoms with Crippen molar-refractivity contribution in [2.45, 2.75) is 38.1 Å². The molecule has 166 valence electrons. The van der Waals surface area contributed by atoms with Gasteiger partial charge in [0.05, 0.1) is 0 Å². The minimum absolute atomic E-state index is 0. The van der Waals surface area contributed by atoms with Crippen LogP contribution in [0.25, 0.3) is 0 Å². The molecular formula is C22H28FIN6S. The number of aliphatic imine (C=N–C) groups is 1. The maximum atomic E-state index is 14.3. The standard InChI is InChI=1S/C22H27FN6S.HI/c1-16-27-28-20(29(16)2)14-25-21(24-12-9-17-6-5-13-30-17)26-15-22(10-11-22)18-7-3-4-8-19(18)23;/h3-8,13H,9-12,14-15H2,1-2H3,(H2,24,25,26);1H. The third kappa shape index (κ3) is 5.82. The molecule has 0 saturated heterocycles. The molecule has 2 N–H and O–H groups in total. The van der Waals surface area contributed by atoms with Gasteiger partial charge in [-0.2, -0.15) is 0 Å². The Morgan fingerprint density at radius 3 is 2.65 bits per heavy atom. The van der Waals surface area contributed by atoms with Crippen molar-refractivity contribution in [3.05, 3.63) is 69.7 Å². The summed E-state index contributed by atoms with van der Waals surface area (Å²) in [6, 6.07) is 11.3. The fourth-order valence-electron chi connectivity index (χ4n) is 3.51. The summed E-state index contributed by atoms with van der Waals surface area (Å²) < 4.78 is 16.3. The Morgan fingerprint density at radius 1 is 1.19 bits per heavy atom. The number of aromatic nitrogens is 3. The first-order valence-electron chi connectivity index (χ1n) is 10.2. The Bertz CT molecular complexity index is 1010. The Kier molecular flexibility index (Phi) is 8.04. The molecule has 3 aromatic rings. The van der Waals surface area contributed by atoms with Crippen molar-refractivity contribution in [3.8, 4) is 0 Å². The van der Waals surface area contributed by atoms with Crippen molar-refractivity contribution in [2.75, 3.05) is 13.1 Å². The molecule has 1 saturated carbocycles. The number of benzene rings is 1. The van der Waals surface area contributed by atoms with Crippen LogP contribution < -0.4 is 10.6 Å². The number of nitrogens with one attached hydrogen (secondary N) is 2. The van der Waals surface area contributed by atoms with Gasteiger partial charge in [-0.05, 0) is 49.3 Å². The zero-order valence-electron chi connectivity index (χ0n) is 17.8. The van der Waals surface area contributed by atoms with Crippen molar-refractivity contribution < 1.29 is 4.39 Å². The topological polar surface area (TPSA) is 67.1 Å². The quantitative estimate of drug-likeness (QED) is 0.252. The maximum Gasteiger partial charge on any atom is 0.191 e. The lowest BCUT2D eigenvalue weighted by atomic mass is 9.95. The molecule has 0 aliphatic heterocycles. The summed E-state index contributed by atoms with van der Waals surface area (Å²) in [5.74, 6) is 2.25. The first-order valence-corrected chi connectivity index (χ1v) is 11.1. The molecule has 9 heteroatoms. The largest absolute Gasteiger partial charge is 0.356 e. The second-order valence-corrected chi connectivity index (χ2v) is 8.79. The zero-order valence-corrected chi connectivity index (χ0v) is 20.9. The van der Waals surface area contributed by atoms with Gasteiger partial charge < -0.3 is 15.2 Å². The molecule has 0 bridgehead atoms. The van der Waals surface area contributed by atoms with Crippen LogP contribution in [0.1, 0.15) is 34.9 Å². The van der Waals surface area contributed by atoms with Crippen LogP contribution in [0.5, 0.6) is 0 Å². The SMILES string of the molecule is Cc1nnc(CN=C(NCCc2cccs2)NCC2(c3ccccc3F)CC2)n1C.I. The molecule has 4 rings (SSSR count). The van der Waals surface area contributed by atoms with Crippen molar-refractivity contribution in [2.24, 2.45) is 12.0 Å². The van der Waals surface area contributed by atoms with Crippen molar-refractivity contribution in [1.29, 1.82) is 0 Å². The van der Waals surface area contributed by atoms with Gasteiger partial charge in [-0.3, -0.25) is 0 Å². The maximum absolute atomic E-state index is 14.3. The molecule has 31 heavy (non-hydrogen) atoms. The third-order valence-electron chi connectivity index (χ3n) is 5.70. The summed E-state index contributed by atoms with van der Waals surface area (Å²) in [6.45, 7) is 3.77. The highest BCUT2D eigenvalue weighted by molar-refractivity contribution is 14.0. The average Bonchev–Trinajstić information content (AvgIpc) is 3.21. The van der Waals surface area contributed by atoms with Gasteiger partial charge in [0.2, 0.25) is 0 Å². The first kappa shape index (κ1) is 23.6. The summed E-state index contributed by atoms with van der Waals surface area (Å²) in [7, 11) is 1.94. The third-order valence-corrected chi connectivity index (χ3v) is 6.63. The van der Waals surface area contributed by atoms with Crippen LogP contribution in [0.4, 0.5) is 4.39 Å². The highest BCUT2D eigenvalue weighted by atomic mass is 127. The normalized spacial score (nSPS) is 14.7. The number of hydrogen-bond donors (Lipinski definition) is 2. The molecule has 2 aromatic heterocycles. The second-order valence-electron chi connectivity index (χ2n) is 7.76. The minimum atomic E-state index is -0.150. The van der Waals surface area contributed by atoms with Gasteiger partial charge in [0.1, 0.15) is 18.2 Å². The Balaban J connectivity index is 0.00000272. The lowest BCUT2D eigenvalue weighted by Gasteiger charge is -2.20. The van der Waals surface area contributed by atoms with E-state index in [0.29, 0.717) is 13.1 Å². The van der Waals surface area contributed by atoms with Crippen LogP contribution in [0, 0.1) is 12.7 Å². The summed E-state index contributed by atoms with van der Waals surface area (Å²) in [5, 5.41) is 17.2. The average molecular weight is 554 g/mol. The summed E-state index contributed by atoms with van der Waals surface area (Å²) >= 11 is 1.75. The van der Waals surface area contributed by atoms with E-state index in [1.54, 1.807) is 23.5 Å². The first-order chi connectivity index (χ1) is 14.6. The Morgan fingerprint density at radius 2 is 2.00 bits per heavy atom. The number of hydrogen-bond acceptors (Lipinski definition) is 4. The van der Waals surface area contributed by atoms with Crippen LogP contribution in [0.3, 0.4) is 0 Å². The highest BCUT2D eigenvalue weighted by Crippen LogP contribution is 2.48. The van der Waals surface area contributed by atoms with Gasteiger partial charge in [-0.15, -0.1) is 45.5 Å². The molecule has 0 spiro atoms. The van der Waals surface area contributed by atoms with Crippen molar-refractivity contribution >= 4 is 41.3 Å². The lowest BCUT2D eigenvalue weighted by Crippen LogP contribution is -2.42. The second kappa shape index (κ2) is 10.5. The molecule has 0 amide bonds. The number of guanidine groups is 1. The molecular weight excluding hydrogens is 526 g/mol. The van der Waals surface area contributed by atoms with E-state index in [9.17, 15) is 4.39 Å². The number of rotatable bonds is 8. The number of thiophene rings is 1. The number of nitrogens with zero attached hydrogens (tertiary/aromatic N) is 4. The highest BCUT2D eigenvalue weighted by Gasteiger charge is 2.45. The fraction of sp³-hybridized carbons (Fsp3) is 0.409. The molecule has 0 unspecified atom stereocenters. The van der Waals surface area contributed by atoms with E-state index in [0.717, 1.165) is 49.0 Å². The van der Waals surface area contributed by atoms with Gasteiger partial charge in [0, 0.05) is 30.4 Å². The van der Waals surface area contributed by atoms with E-state index in [2.05, 4.69) is 38.3 Å². The minimum Gasteiger partial charge on any atom is -0.356 e. The van der Waals surface area contributed by atoms with E-state index < -0.39 is 0 Å². The number of aryl methyl sites for hydroxylation is 1. The fourth-order valence-corrected chi connectivity index (χ4v) is 4.22. The van der Waals surface area contributed by atoms with E-state index in [1.807, 2.05) is 30.7 Å². The monoisotopic (exact) mass is 554 g/mol. The molecule has 2 heterocycles. The van der Waals surface area contributed by atoms with E-state index >= 15 is 0 Å². The molecule has 6 nitrogen and oxygen atoms in total. The van der Waals surface area contributed by atoms with Gasteiger partial charge >= 0.3 is 0 Å². The van der Waals surface area contributed by atoms with Crippen LogP contribution in [-0.2, 0) is 25.4 Å². The summed E-state index contributed by atoms with van der Waals surface area (Å²) in [5.41, 5.74) is 0.641. The van der Waals surface area contributed by atoms with E-state index in [4.69, 9.17) is 4.99 Å². The van der Waals surface area contributed by atoms with E-state index in [-0.39, 0.29) is 35.2 Å². The number of halogens is 2. The van der Waals surface area contributed by atoms with Gasteiger partial charge in [0.25, 0.3) is 0 Å². The van der Waals surface area contributed by atoms with Gasteiger partial charge in [-0.1, -0.05) is 24.3 Å². The Labute approximate surface area is 203 Å². The van der Waals surface area contributed by atoms with E-state index in [1.165, 1.54) is 4.88 Å². The zero-order chi connectivity index (χ0) is 21.0. The molecule has 0 atom stereocenters. The molecule has 0 radical (unpaired) electrons. The smallest absolute Gasteiger partial charge is 0.191 e. The summed E-state index contributed by atoms with van der Waals surface area (Å²) in [4.78, 5) is 6.04. The predicted molar refractivity (Wildman–Crippen MR) is 134 cm³/mol. The van der Waals surface area contributed by atoms with Crippen LogP contribution in [0.2, 0.25) is 0 Å². The van der Waals surface area contributed by atoms with Crippen molar-refractivity contribution in [1.82, 2.24) is 25.4 Å². The van der Waals surface area contributed by atoms with Crippen molar-refractivity contribution in [3.63, 3.8) is 0 Å². The summed E-state index contributed by atoms with van der Waals surface area (Å²) in [6.07, 6.45) is 2.89.